The molecule has 0 bridgehead atoms. The molecule has 9 heteroatoms. The second-order valence-electron chi connectivity index (χ2n) is 1.44. The molecule has 0 heterocycles. The maximum atomic E-state index is 8.74. The summed E-state index contributed by atoms with van der Waals surface area (Å²) >= 11 is 0. The zero-order valence-electron chi connectivity index (χ0n) is 6.92. The summed E-state index contributed by atoms with van der Waals surface area (Å²) in [7, 11) is -0.646. The highest BCUT2D eigenvalue weighted by molar-refractivity contribution is 7.79. The predicted molar refractivity (Wildman–Crippen MR) is 41.0 cm³/mol. The van der Waals surface area contributed by atoms with E-state index in [0.29, 0.717) is 0 Å². The zero-order chi connectivity index (χ0) is 10.2. The van der Waals surface area contributed by atoms with Gasteiger partial charge in [0.25, 0.3) is 0 Å². The van der Waals surface area contributed by atoms with E-state index in [2.05, 4.69) is 14.0 Å². The Balaban J connectivity index is 0. The van der Waals surface area contributed by atoms with Gasteiger partial charge in [0.15, 0.2) is 0 Å². The number of hydrogen-bond donors (Lipinski definition) is 2. The van der Waals surface area contributed by atoms with Crippen LogP contribution in [0, 0.1) is 0 Å². The Hall–Kier alpha value is -0.185. The molecule has 0 radical (unpaired) electrons. The van der Waals surface area contributed by atoms with Crippen molar-refractivity contribution in [2.75, 3.05) is 21.3 Å². The summed E-state index contributed by atoms with van der Waals surface area (Å²) in [6.07, 6.45) is 0. The first-order chi connectivity index (χ1) is 5.35. The lowest BCUT2D eigenvalue weighted by molar-refractivity contribution is 0.163. The molecule has 74 valence electrons. The Kier molecular flexibility index (Phi) is 8.92. The molecule has 0 spiro atoms. The van der Waals surface area contributed by atoms with Crippen LogP contribution in [0.25, 0.3) is 0 Å². The van der Waals surface area contributed by atoms with Gasteiger partial charge in [0.05, 0.1) is 0 Å². The highest BCUT2D eigenvalue weighted by atomic mass is 32.3. The van der Waals surface area contributed by atoms with E-state index in [-0.39, 0.29) is 0 Å². The van der Waals surface area contributed by atoms with Gasteiger partial charge in [-0.3, -0.25) is 9.11 Å². The Morgan fingerprint density at radius 2 is 1.17 bits per heavy atom. The smallest absolute Gasteiger partial charge is 0.389 e. The first kappa shape index (κ1) is 14.3. The molecular weight excluding hydrogens is 191 g/mol. The molecule has 0 aromatic heterocycles. The van der Waals surface area contributed by atoms with Crippen LogP contribution in [0.3, 0.4) is 0 Å². The van der Waals surface area contributed by atoms with Crippen molar-refractivity contribution >= 4 is 17.7 Å². The minimum Gasteiger partial charge on any atom is -0.389 e. The van der Waals surface area contributed by atoms with E-state index in [1.54, 1.807) is 0 Å². The van der Waals surface area contributed by atoms with Crippen molar-refractivity contribution in [3.05, 3.63) is 0 Å². The van der Waals surface area contributed by atoms with Crippen molar-refractivity contribution < 1.29 is 31.5 Å². The summed E-state index contributed by atoms with van der Waals surface area (Å²) < 4.78 is 45.4. The van der Waals surface area contributed by atoms with Crippen LogP contribution in [-0.2, 0) is 24.4 Å². The molecule has 0 saturated heterocycles. The maximum absolute atomic E-state index is 8.74. The molecule has 0 rings (SSSR count). The van der Waals surface area contributed by atoms with E-state index in [0.717, 1.165) is 0 Å². The number of hydrogen-bond acceptors (Lipinski definition) is 5. The molecule has 0 atom stereocenters. The summed E-state index contributed by atoms with van der Waals surface area (Å²) in [6, 6.07) is 0. The van der Waals surface area contributed by atoms with E-state index >= 15 is 0 Å². The molecule has 2 N–H and O–H groups in total. The Morgan fingerprint density at radius 1 is 1.00 bits per heavy atom. The zero-order valence-corrected chi connectivity index (χ0v) is 7.74. The van der Waals surface area contributed by atoms with Gasteiger partial charge in [-0.05, 0) is 0 Å². The minimum atomic E-state index is -4.67. The lowest BCUT2D eigenvalue weighted by Crippen LogP contribution is -2.21. The van der Waals surface area contributed by atoms with Crippen molar-refractivity contribution in [2.45, 2.75) is 0 Å². The van der Waals surface area contributed by atoms with Gasteiger partial charge in [-0.1, -0.05) is 0 Å². The molecule has 0 aliphatic rings. The highest BCUT2D eigenvalue weighted by Crippen LogP contribution is 1.81. The first-order valence-electron chi connectivity index (χ1n) is 2.63. The largest absolute Gasteiger partial charge is 0.638 e. The van der Waals surface area contributed by atoms with Crippen molar-refractivity contribution in [2.24, 2.45) is 0 Å². The molecule has 0 aromatic rings. The van der Waals surface area contributed by atoms with Gasteiger partial charge in [0.1, 0.15) is 0 Å². The van der Waals surface area contributed by atoms with E-state index in [1.165, 1.54) is 21.3 Å². The van der Waals surface area contributed by atoms with Gasteiger partial charge in [-0.25, -0.2) is 0 Å². The quantitative estimate of drug-likeness (QED) is 0.458. The molecule has 0 aromatic carbocycles. The first-order valence-corrected chi connectivity index (χ1v) is 4.03. The van der Waals surface area contributed by atoms with E-state index < -0.39 is 17.7 Å². The van der Waals surface area contributed by atoms with Crippen LogP contribution in [0.4, 0.5) is 0 Å². The van der Waals surface area contributed by atoms with Crippen LogP contribution in [0.2, 0.25) is 0 Å². The lowest BCUT2D eigenvalue weighted by atomic mass is 10.2. The molecule has 0 aliphatic heterocycles. The van der Waals surface area contributed by atoms with E-state index in [1.807, 2.05) is 0 Å². The third kappa shape index (κ3) is 22.6. The maximum Gasteiger partial charge on any atom is 0.638 e. The SMILES string of the molecule is COB(OC)OC.O=S(=O)(O)O. The fraction of sp³-hybridized carbons (Fsp3) is 1.00. The summed E-state index contributed by atoms with van der Waals surface area (Å²) in [5.74, 6) is 0. The van der Waals surface area contributed by atoms with Gasteiger partial charge >= 0.3 is 17.7 Å². The highest BCUT2D eigenvalue weighted by Gasteiger charge is 2.12. The van der Waals surface area contributed by atoms with Crippen LogP contribution < -0.4 is 0 Å². The molecule has 12 heavy (non-hydrogen) atoms. The minimum absolute atomic E-state index is 0.514. The molecule has 0 fully saturated rings. The molecule has 0 aliphatic carbocycles. The van der Waals surface area contributed by atoms with E-state index in [9.17, 15) is 0 Å². The normalized spacial score (nSPS) is 10.1. The van der Waals surface area contributed by atoms with Crippen LogP contribution in [0.15, 0.2) is 0 Å². The lowest BCUT2D eigenvalue weighted by Gasteiger charge is -2.01. The number of rotatable bonds is 3. The third-order valence-corrected chi connectivity index (χ3v) is 0.577. The van der Waals surface area contributed by atoms with Gasteiger partial charge in [-0.15, -0.1) is 0 Å². The monoisotopic (exact) mass is 202 g/mol. The predicted octanol–water partition coefficient (Wildman–Crippen LogP) is -0.742. The Bertz CT molecular complexity index is 160. The topological polar surface area (TPSA) is 102 Å². The van der Waals surface area contributed by atoms with E-state index in [4.69, 9.17) is 17.5 Å². The fourth-order valence-corrected chi connectivity index (χ4v) is 0.289. The van der Waals surface area contributed by atoms with Crippen LogP contribution in [0.1, 0.15) is 0 Å². The Morgan fingerprint density at radius 3 is 1.17 bits per heavy atom. The average Bonchev–Trinajstić information content (AvgIpc) is 1.88. The second-order valence-corrected chi connectivity index (χ2v) is 2.34. The van der Waals surface area contributed by atoms with Crippen LogP contribution >= 0.6 is 0 Å². The van der Waals surface area contributed by atoms with Crippen molar-refractivity contribution in [3.63, 3.8) is 0 Å². The second kappa shape index (κ2) is 7.46. The van der Waals surface area contributed by atoms with Crippen molar-refractivity contribution in [1.29, 1.82) is 0 Å². The molecule has 7 nitrogen and oxygen atoms in total. The third-order valence-electron chi connectivity index (χ3n) is 0.577. The molecule has 0 amide bonds. The molecule has 0 unspecified atom stereocenters. The standard InChI is InChI=1S/C3H9BO3.H2O4S/c1-5-4(6-2)7-3;1-5(2,3)4/h1-3H3;(H2,1,2,3,4). The van der Waals surface area contributed by atoms with Gasteiger partial charge in [0.2, 0.25) is 0 Å². The Labute approximate surface area is 71.4 Å². The molecule has 0 saturated carbocycles. The average molecular weight is 202 g/mol. The fourth-order valence-electron chi connectivity index (χ4n) is 0.289. The van der Waals surface area contributed by atoms with Gasteiger partial charge in [0, 0.05) is 21.3 Å². The van der Waals surface area contributed by atoms with Gasteiger partial charge < -0.3 is 14.0 Å². The van der Waals surface area contributed by atoms with Gasteiger partial charge in [-0.2, -0.15) is 8.42 Å². The molecular formula is C3H11BO7S. The van der Waals surface area contributed by atoms with Crippen LogP contribution in [-0.4, -0.2) is 46.2 Å². The summed E-state index contributed by atoms with van der Waals surface area (Å²) in [4.78, 5) is 0. The summed E-state index contributed by atoms with van der Waals surface area (Å²) in [5, 5.41) is 0. The summed E-state index contributed by atoms with van der Waals surface area (Å²) in [5.41, 5.74) is 0. The van der Waals surface area contributed by atoms with Crippen LogP contribution in [0.5, 0.6) is 0 Å². The van der Waals surface area contributed by atoms with Crippen molar-refractivity contribution in [3.8, 4) is 0 Å². The summed E-state index contributed by atoms with van der Waals surface area (Å²) in [6.45, 7) is 0. The van der Waals surface area contributed by atoms with Crippen molar-refractivity contribution in [1.82, 2.24) is 0 Å².